The summed E-state index contributed by atoms with van der Waals surface area (Å²) in [4.78, 5) is 69.1. The molecule has 5 rings (SSSR count). The van der Waals surface area contributed by atoms with E-state index in [0.717, 1.165) is 16.5 Å². The fraction of sp³-hybridized carbons (Fsp3) is 0.400. The number of esters is 2. The summed E-state index contributed by atoms with van der Waals surface area (Å²) in [6.45, 7) is 6.60. The van der Waals surface area contributed by atoms with Crippen molar-refractivity contribution >= 4 is 34.5 Å². The van der Waals surface area contributed by atoms with Gasteiger partial charge in [0.25, 0.3) is 5.56 Å². The summed E-state index contributed by atoms with van der Waals surface area (Å²) in [6.07, 6.45) is -0.0155. The van der Waals surface area contributed by atoms with Crippen LogP contribution in [0.4, 0.5) is 0 Å². The molecule has 1 amide bonds. The van der Waals surface area contributed by atoms with Crippen LogP contribution < -0.4 is 10.9 Å². The van der Waals surface area contributed by atoms with Crippen LogP contribution >= 0.6 is 0 Å². The van der Waals surface area contributed by atoms with Gasteiger partial charge in [0, 0.05) is 29.4 Å². The zero-order valence-electron chi connectivity index (χ0n) is 22.9. The predicted molar refractivity (Wildman–Crippen MR) is 145 cm³/mol. The summed E-state index contributed by atoms with van der Waals surface area (Å²) >= 11 is 0. The molecule has 0 fully saturated rings. The number of ketones is 1. The second-order valence-corrected chi connectivity index (χ2v) is 10.7. The number of benzene rings is 1. The second-order valence-electron chi connectivity index (χ2n) is 10.7. The molecule has 4 heterocycles. The summed E-state index contributed by atoms with van der Waals surface area (Å²) in [5.74, 6) is -2.61. The van der Waals surface area contributed by atoms with Crippen LogP contribution in [0.3, 0.4) is 0 Å². The van der Waals surface area contributed by atoms with E-state index in [2.05, 4.69) is 5.32 Å². The highest BCUT2D eigenvalue weighted by Gasteiger charge is 2.51. The summed E-state index contributed by atoms with van der Waals surface area (Å²) in [7, 11) is 0. The van der Waals surface area contributed by atoms with E-state index >= 15 is 0 Å². The molecule has 2 aliphatic heterocycles. The summed E-state index contributed by atoms with van der Waals surface area (Å²) in [5.41, 5.74) is 1.10. The van der Waals surface area contributed by atoms with Gasteiger partial charge in [0.05, 0.1) is 29.0 Å². The Morgan fingerprint density at radius 2 is 1.90 bits per heavy atom. The van der Waals surface area contributed by atoms with Crippen molar-refractivity contribution in [3.8, 4) is 11.4 Å². The first-order valence-electron chi connectivity index (χ1n) is 13.4. The molecule has 0 bridgehead atoms. The lowest BCUT2D eigenvalue weighted by Gasteiger charge is -2.37. The van der Waals surface area contributed by atoms with E-state index in [1.807, 2.05) is 30.3 Å². The minimum Gasteiger partial charge on any atom is -0.457 e. The third-order valence-electron chi connectivity index (χ3n) is 7.60. The quantitative estimate of drug-likeness (QED) is 0.334. The minimum atomic E-state index is -1.88. The molecule has 10 nitrogen and oxygen atoms in total. The van der Waals surface area contributed by atoms with Crippen molar-refractivity contribution < 1.29 is 28.7 Å². The normalized spacial score (nSPS) is 18.0. The highest BCUT2D eigenvalue weighted by molar-refractivity contribution is 5.91. The van der Waals surface area contributed by atoms with Crippen molar-refractivity contribution in [3.63, 3.8) is 0 Å². The molecule has 3 aromatic rings. The maximum atomic E-state index is 13.7. The van der Waals surface area contributed by atoms with E-state index in [1.165, 1.54) is 6.92 Å². The topological polar surface area (TPSA) is 134 Å². The molecule has 208 valence electrons. The molecule has 1 N–H and O–H groups in total. The predicted octanol–water partition coefficient (Wildman–Crippen LogP) is 3.14. The molecular formula is C30H31N3O7. The lowest BCUT2D eigenvalue weighted by Crippen LogP contribution is -2.52. The number of hydrogen-bond acceptors (Lipinski definition) is 8. The second kappa shape index (κ2) is 10.3. The fourth-order valence-electron chi connectivity index (χ4n) is 5.35. The number of ether oxygens (including phenoxy) is 2. The van der Waals surface area contributed by atoms with Crippen LogP contribution in [0.25, 0.3) is 22.3 Å². The Hall–Kier alpha value is -4.34. The fourth-order valence-corrected chi connectivity index (χ4v) is 5.35. The van der Waals surface area contributed by atoms with E-state index in [1.54, 1.807) is 31.4 Å². The van der Waals surface area contributed by atoms with Gasteiger partial charge in [-0.15, -0.1) is 0 Å². The van der Waals surface area contributed by atoms with Gasteiger partial charge in [-0.2, -0.15) is 0 Å². The van der Waals surface area contributed by atoms with E-state index in [-0.39, 0.29) is 54.3 Å². The number of para-hydroxylation sites is 1. The molecule has 0 radical (unpaired) electrons. The van der Waals surface area contributed by atoms with E-state index in [4.69, 9.17) is 14.5 Å². The van der Waals surface area contributed by atoms with Crippen molar-refractivity contribution in [1.82, 2.24) is 14.9 Å². The number of rotatable bonds is 8. The Bertz CT molecular complexity index is 1620. The van der Waals surface area contributed by atoms with Crippen LogP contribution in [0, 0.1) is 5.92 Å². The first-order chi connectivity index (χ1) is 19.1. The number of carbonyl (C=O) groups is 4. The molecule has 0 aliphatic carbocycles. The molecular weight excluding hydrogens is 514 g/mol. The standard InChI is InChI=1S/C30H31N3O7/c1-5-30(40-28(37)25(16(2)3)32-24(35)11-10-17(4)34)21-13-23-26-19(12-18-8-6-7-9-22(18)31-26)14-33(23)27(36)20(21)15-39-29(30)38/h6-9,12-13,16,25H,5,10-11,14-15H2,1-4H3,(H,32,35)/t25-,30+/m0/s1. The number of Topliss-reactive ketones (excluding diaryl/α,β-unsaturated/α-hetero) is 1. The highest BCUT2D eigenvalue weighted by Crippen LogP contribution is 2.41. The number of amides is 1. The van der Waals surface area contributed by atoms with E-state index < -0.39 is 29.5 Å². The van der Waals surface area contributed by atoms with Gasteiger partial charge in [-0.3, -0.25) is 9.59 Å². The summed E-state index contributed by atoms with van der Waals surface area (Å²) in [6, 6.07) is 10.3. The average Bonchev–Trinajstić information content (AvgIpc) is 3.28. The molecule has 10 heteroatoms. The van der Waals surface area contributed by atoms with Crippen LogP contribution in [-0.2, 0) is 47.4 Å². The summed E-state index contributed by atoms with van der Waals surface area (Å²) < 4.78 is 12.9. The maximum absolute atomic E-state index is 13.7. The van der Waals surface area contributed by atoms with Gasteiger partial charge in [0.15, 0.2) is 0 Å². The SMILES string of the molecule is CC[C@]1(OC(=O)[C@@H](NC(=O)CCC(C)=O)C(C)C)C(=O)OCc2c1cc1n(c2=O)Cc2cc3ccccc3nc2-1. The zero-order valence-corrected chi connectivity index (χ0v) is 22.9. The third kappa shape index (κ3) is 4.57. The van der Waals surface area contributed by atoms with Gasteiger partial charge in [-0.05, 0) is 37.5 Å². The number of hydrogen-bond donors (Lipinski definition) is 1. The third-order valence-corrected chi connectivity index (χ3v) is 7.60. The van der Waals surface area contributed by atoms with E-state index in [0.29, 0.717) is 17.9 Å². The first-order valence-corrected chi connectivity index (χ1v) is 13.4. The zero-order chi connectivity index (χ0) is 28.8. The van der Waals surface area contributed by atoms with Gasteiger partial charge < -0.3 is 24.2 Å². The van der Waals surface area contributed by atoms with Gasteiger partial charge in [-0.25, -0.2) is 14.6 Å². The summed E-state index contributed by atoms with van der Waals surface area (Å²) in [5, 5.41) is 3.58. The van der Waals surface area contributed by atoms with Crippen molar-refractivity contribution in [2.45, 2.75) is 71.8 Å². The van der Waals surface area contributed by atoms with Crippen LogP contribution in [0.15, 0.2) is 41.2 Å². The number of pyridine rings is 2. The van der Waals surface area contributed by atoms with Crippen molar-refractivity contribution in [3.05, 3.63) is 63.4 Å². The maximum Gasteiger partial charge on any atom is 0.355 e. The van der Waals surface area contributed by atoms with Gasteiger partial charge in [0.2, 0.25) is 11.5 Å². The van der Waals surface area contributed by atoms with Gasteiger partial charge in [-0.1, -0.05) is 39.0 Å². The molecule has 40 heavy (non-hydrogen) atoms. The number of nitrogens with one attached hydrogen (secondary N) is 1. The Morgan fingerprint density at radius 3 is 2.60 bits per heavy atom. The van der Waals surface area contributed by atoms with Crippen molar-refractivity contribution in [1.29, 1.82) is 0 Å². The smallest absolute Gasteiger partial charge is 0.355 e. The minimum absolute atomic E-state index is 0.00850. The Morgan fingerprint density at radius 1 is 1.15 bits per heavy atom. The van der Waals surface area contributed by atoms with Crippen molar-refractivity contribution in [2.75, 3.05) is 0 Å². The molecule has 0 saturated heterocycles. The Kier molecular flexibility index (Phi) is 7.03. The number of nitrogens with zero attached hydrogens (tertiary/aromatic N) is 2. The monoisotopic (exact) mass is 545 g/mol. The number of carbonyl (C=O) groups excluding carboxylic acids is 4. The average molecular weight is 546 g/mol. The highest BCUT2D eigenvalue weighted by atomic mass is 16.6. The Labute approximate surface area is 230 Å². The molecule has 2 atom stereocenters. The number of cyclic esters (lactones) is 1. The molecule has 2 aromatic heterocycles. The molecule has 0 spiro atoms. The first kappa shape index (κ1) is 27.2. The van der Waals surface area contributed by atoms with Crippen LogP contribution in [0.5, 0.6) is 0 Å². The van der Waals surface area contributed by atoms with Crippen LogP contribution in [0.2, 0.25) is 0 Å². The Balaban J connectivity index is 1.55. The van der Waals surface area contributed by atoms with Gasteiger partial charge >= 0.3 is 11.9 Å². The van der Waals surface area contributed by atoms with Crippen molar-refractivity contribution in [2.24, 2.45) is 5.92 Å². The molecule has 2 aliphatic rings. The van der Waals surface area contributed by atoms with Crippen LogP contribution in [0.1, 0.15) is 63.6 Å². The molecule has 0 unspecified atom stereocenters. The molecule has 0 saturated carbocycles. The van der Waals surface area contributed by atoms with Crippen LogP contribution in [-0.4, -0.2) is 39.2 Å². The molecule has 1 aromatic carbocycles. The lowest BCUT2D eigenvalue weighted by atomic mass is 9.85. The lowest BCUT2D eigenvalue weighted by molar-refractivity contribution is -0.191. The number of fused-ring (bicyclic) bond motifs is 5. The van der Waals surface area contributed by atoms with E-state index in [9.17, 15) is 24.0 Å². The van der Waals surface area contributed by atoms with Gasteiger partial charge in [0.1, 0.15) is 18.4 Å². The largest absolute Gasteiger partial charge is 0.457 e. The number of aromatic nitrogens is 2.